The van der Waals surface area contributed by atoms with Crippen molar-refractivity contribution in [3.8, 4) is 0 Å². The van der Waals surface area contributed by atoms with E-state index in [1.807, 2.05) is 6.92 Å². The number of rotatable bonds is 6. The van der Waals surface area contributed by atoms with Crippen molar-refractivity contribution in [1.29, 1.82) is 0 Å². The summed E-state index contributed by atoms with van der Waals surface area (Å²) in [5.41, 5.74) is 0. The van der Waals surface area contributed by atoms with Crippen LogP contribution < -0.4 is 0 Å². The summed E-state index contributed by atoms with van der Waals surface area (Å²) >= 11 is 0. The fourth-order valence-corrected chi connectivity index (χ4v) is 1.38. The molecular weight excluding hydrogens is 186 g/mol. The summed E-state index contributed by atoms with van der Waals surface area (Å²) in [6.45, 7) is 4.90. The highest BCUT2D eigenvalue weighted by Gasteiger charge is 2.31. The second kappa shape index (κ2) is 6.34. The van der Waals surface area contributed by atoms with Crippen molar-refractivity contribution in [3.05, 3.63) is 10.1 Å². The van der Waals surface area contributed by atoms with Crippen molar-refractivity contribution >= 4 is 5.97 Å². The molecule has 82 valence electrons. The second-order valence-corrected chi connectivity index (χ2v) is 3.20. The molecule has 0 aliphatic heterocycles. The van der Waals surface area contributed by atoms with Gasteiger partial charge < -0.3 is 4.74 Å². The first-order chi connectivity index (χ1) is 6.52. The number of nitrogens with zero attached hydrogens (tertiary/aromatic N) is 1. The quantitative estimate of drug-likeness (QED) is 0.375. The van der Waals surface area contributed by atoms with E-state index in [4.69, 9.17) is 4.74 Å². The van der Waals surface area contributed by atoms with Crippen LogP contribution in [0.25, 0.3) is 0 Å². The lowest BCUT2D eigenvalue weighted by Gasteiger charge is -2.18. The van der Waals surface area contributed by atoms with Gasteiger partial charge in [-0.3, -0.25) is 14.9 Å². The van der Waals surface area contributed by atoms with Crippen LogP contribution in [-0.2, 0) is 9.53 Å². The zero-order valence-electron chi connectivity index (χ0n) is 8.86. The third kappa shape index (κ3) is 4.20. The average molecular weight is 203 g/mol. The molecule has 0 aliphatic carbocycles. The van der Waals surface area contributed by atoms with Crippen molar-refractivity contribution in [2.45, 2.75) is 52.2 Å². The van der Waals surface area contributed by atoms with Gasteiger partial charge in [-0.2, -0.15) is 0 Å². The third-order valence-electron chi connectivity index (χ3n) is 2.01. The summed E-state index contributed by atoms with van der Waals surface area (Å²) in [7, 11) is 0. The van der Waals surface area contributed by atoms with E-state index in [1.54, 1.807) is 6.92 Å². The Hall–Kier alpha value is -1.13. The molecule has 5 heteroatoms. The maximum atomic E-state index is 10.7. The Morgan fingerprint density at radius 1 is 1.50 bits per heavy atom. The van der Waals surface area contributed by atoms with E-state index in [-0.39, 0.29) is 4.92 Å². The van der Waals surface area contributed by atoms with Gasteiger partial charge in [0.25, 0.3) is 0 Å². The smallest absolute Gasteiger partial charge is 0.303 e. The van der Waals surface area contributed by atoms with E-state index in [2.05, 4.69) is 0 Å². The molecule has 0 fully saturated rings. The molecule has 0 aromatic rings. The predicted octanol–water partition coefficient (Wildman–Crippen LogP) is 1.77. The molecule has 0 radical (unpaired) electrons. The molecule has 0 aromatic carbocycles. The Bertz CT molecular complexity index is 205. The summed E-state index contributed by atoms with van der Waals surface area (Å²) < 4.78 is 4.92. The first kappa shape index (κ1) is 12.9. The number of hydrogen-bond donors (Lipinski definition) is 0. The Morgan fingerprint density at radius 2 is 2.07 bits per heavy atom. The van der Waals surface area contributed by atoms with E-state index >= 15 is 0 Å². The van der Waals surface area contributed by atoms with Gasteiger partial charge in [-0.1, -0.05) is 20.3 Å². The van der Waals surface area contributed by atoms with Gasteiger partial charge in [-0.25, -0.2) is 0 Å². The molecule has 0 bridgehead atoms. The van der Waals surface area contributed by atoms with Crippen molar-refractivity contribution < 1.29 is 14.5 Å². The fraction of sp³-hybridized carbons (Fsp3) is 0.889. The molecule has 0 rings (SSSR count). The molecule has 2 unspecified atom stereocenters. The molecule has 0 N–H and O–H groups in total. The molecule has 0 spiro atoms. The summed E-state index contributed by atoms with van der Waals surface area (Å²) in [5, 5.41) is 10.6. The van der Waals surface area contributed by atoms with Crippen LogP contribution in [0.2, 0.25) is 0 Å². The monoisotopic (exact) mass is 203 g/mol. The molecule has 0 aliphatic rings. The number of carbonyl (C=O) groups is 1. The van der Waals surface area contributed by atoms with Crippen LogP contribution >= 0.6 is 0 Å². The van der Waals surface area contributed by atoms with Crippen molar-refractivity contribution in [2.75, 3.05) is 0 Å². The normalized spacial score (nSPS) is 14.5. The summed E-state index contributed by atoms with van der Waals surface area (Å²) in [6.07, 6.45) is 1.10. The highest BCUT2D eigenvalue weighted by atomic mass is 16.6. The highest BCUT2D eigenvalue weighted by Crippen LogP contribution is 2.13. The minimum atomic E-state index is -0.779. The lowest BCUT2D eigenvalue weighted by molar-refractivity contribution is -0.534. The van der Waals surface area contributed by atoms with Crippen LogP contribution in [0.15, 0.2) is 0 Å². The fourth-order valence-electron chi connectivity index (χ4n) is 1.38. The maximum absolute atomic E-state index is 10.7. The Labute approximate surface area is 83.6 Å². The molecule has 2 atom stereocenters. The molecule has 0 heterocycles. The Morgan fingerprint density at radius 3 is 2.36 bits per heavy atom. The second-order valence-electron chi connectivity index (χ2n) is 3.20. The van der Waals surface area contributed by atoms with Gasteiger partial charge in [0.05, 0.1) is 0 Å². The van der Waals surface area contributed by atoms with E-state index in [1.165, 1.54) is 6.92 Å². The van der Waals surface area contributed by atoms with Gasteiger partial charge in [-0.15, -0.1) is 0 Å². The van der Waals surface area contributed by atoms with Crippen molar-refractivity contribution in [2.24, 2.45) is 0 Å². The van der Waals surface area contributed by atoms with Gasteiger partial charge in [-0.05, 0) is 6.42 Å². The molecular formula is C9H17NO4. The molecule has 5 nitrogen and oxygen atoms in total. The van der Waals surface area contributed by atoms with Crippen LogP contribution in [0.1, 0.15) is 40.0 Å². The minimum absolute atomic E-state index is 0.372. The number of carbonyl (C=O) groups excluding carboxylic acids is 1. The van der Waals surface area contributed by atoms with E-state index in [0.717, 1.165) is 6.42 Å². The van der Waals surface area contributed by atoms with Crippen LogP contribution in [-0.4, -0.2) is 23.0 Å². The zero-order chi connectivity index (χ0) is 11.1. The standard InChI is InChI=1S/C9H17NO4/c1-4-6-9(14-7(3)11)8(5-2)10(12)13/h8-9H,4-6H2,1-3H3. The summed E-state index contributed by atoms with van der Waals surface area (Å²) in [5.74, 6) is -0.455. The third-order valence-corrected chi connectivity index (χ3v) is 2.01. The van der Waals surface area contributed by atoms with E-state index < -0.39 is 18.1 Å². The lowest BCUT2D eigenvalue weighted by Crippen LogP contribution is -2.36. The molecule has 14 heavy (non-hydrogen) atoms. The first-order valence-electron chi connectivity index (χ1n) is 4.83. The van der Waals surface area contributed by atoms with Crippen LogP contribution in [0.5, 0.6) is 0 Å². The van der Waals surface area contributed by atoms with Gasteiger partial charge in [0.1, 0.15) is 0 Å². The lowest BCUT2D eigenvalue weighted by atomic mass is 10.0. The molecule has 0 saturated carbocycles. The maximum Gasteiger partial charge on any atom is 0.303 e. The number of ether oxygens (including phenoxy) is 1. The SMILES string of the molecule is CCCC(OC(C)=O)C(CC)[N+](=O)[O-]. The van der Waals surface area contributed by atoms with Gasteiger partial charge in [0.2, 0.25) is 6.04 Å². The highest BCUT2D eigenvalue weighted by molar-refractivity contribution is 5.66. The van der Waals surface area contributed by atoms with Crippen LogP contribution in [0.3, 0.4) is 0 Å². The largest absolute Gasteiger partial charge is 0.455 e. The topological polar surface area (TPSA) is 69.4 Å². The van der Waals surface area contributed by atoms with E-state index in [0.29, 0.717) is 12.8 Å². The van der Waals surface area contributed by atoms with Gasteiger partial charge in [0, 0.05) is 18.3 Å². The zero-order valence-corrected chi connectivity index (χ0v) is 8.86. The van der Waals surface area contributed by atoms with E-state index in [9.17, 15) is 14.9 Å². The Balaban J connectivity index is 4.42. The van der Waals surface area contributed by atoms with Gasteiger partial charge >= 0.3 is 5.97 Å². The number of hydrogen-bond acceptors (Lipinski definition) is 4. The average Bonchev–Trinajstić information content (AvgIpc) is 2.03. The number of esters is 1. The van der Waals surface area contributed by atoms with Gasteiger partial charge in [0.15, 0.2) is 6.10 Å². The minimum Gasteiger partial charge on any atom is -0.455 e. The predicted molar refractivity (Wildman–Crippen MR) is 51.5 cm³/mol. The summed E-state index contributed by atoms with van der Waals surface area (Å²) in [6, 6.07) is -0.779. The number of nitro groups is 1. The molecule has 0 saturated heterocycles. The van der Waals surface area contributed by atoms with Crippen molar-refractivity contribution in [1.82, 2.24) is 0 Å². The van der Waals surface area contributed by atoms with Crippen LogP contribution in [0, 0.1) is 10.1 Å². The Kier molecular flexibility index (Phi) is 5.83. The molecule has 0 amide bonds. The summed E-state index contributed by atoms with van der Waals surface area (Å²) in [4.78, 5) is 21.0. The van der Waals surface area contributed by atoms with Crippen molar-refractivity contribution in [3.63, 3.8) is 0 Å². The molecule has 0 aromatic heterocycles. The first-order valence-corrected chi connectivity index (χ1v) is 4.83. The van der Waals surface area contributed by atoms with Crippen LogP contribution in [0.4, 0.5) is 0 Å².